The van der Waals surface area contributed by atoms with Gasteiger partial charge in [0.2, 0.25) is 0 Å². The summed E-state index contributed by atoms with van der Waals surface area (Å²) in [5.41, 5.74) is 1.17. The van der Waals surface area contributed by atoms with Crippen LogP contribution in [0.3, 0.4) is 0 Å². The maximum Gasteiger partial charge on any atom is 0.407 e. The van der Waals surface area contributed by atoms with Gasteiger partial charge in [0.25, 0.3) is 0 Å². The van der Waals surface area contributed by atoms with E-state index in [1.54, 1.807) is 0 Å². The lowest BCUT2D eigenvalue weighted by atomic mass is 9.99. The van der Waals surface area contributed by atoms with Crippen molar-refractivity contribution < 1.29 is 14.7 Å². The molecule has 29 heavy (non-hydrogen) atoms. The van der Waals surface area contributed by atoms with E-state index in [-0.39, 0.29) is 18.1 Å². The Morgan fingerprint density at radius 3 is 2.21 bits per heavy atom. The summed E-state index contributed by atoms with van der Waals surface area (Å²) in [4.78, 5) is 32.9. The average Bonchev–Trinajstić information content (AvgIpc) is 3.11. The van der Waals surface area contributed by atoms with Crippen LogP contribution < -0.4 is 0 Å². The lowest BCUT2D eigenvalue weighted by Gasteiger charge is -2.39. The van der Waals surface area contributed by atoms with E-state index in [2.05, 4.69) is 49.4 Å². The van der Waals surface area contributed by atoms with E-state index in [4.69, 9.17) is 0 Å². The summed E-state index contributed by atoms with van der Waals surface area (Å²) >= 11 is 2.41. The Morgan fingerprint density at radius 2 is 1.62 bits per heavy atom. The van der Waals surface area contributed by atoms with Crippen LogP contribution in [0.15, 0.2) is 30.3 Å². The molecule has 0 aliphatic carbocycles. The van der Waals surface area contributed by atoms with Crippen molar-refractivity contribution in [2.24, 2.45) is 0 Å². The first-order valence-electron chi connectivity index (χ1n) is 10.5. The number of benzene rings is 1. The van der Waals surface area contributed by atoms with Crippen molar-refractivity contribution in [1.82, 2.24) is 19.6 Å². The molecular weight excluding hydrogens is 483 g/mol. The summed E-state index contributed by atoms with van der Waals surface area (Å²) < 4.78 is 1.04. The predicted molar refractivity (Wildman–Crippen MR) is 119 cm³/mol. The van der Waals surface area contributed by atoms with E-state index < -0.39 is 6.09 Å². The third-order valence-electron chi connectivity index (χ3n) is 6.65. The number of alkyl halides is 1. The lowest BCUT2D eigenvalue weighted by molar-refractivity contribution is 0.0968. The third kappa shape index (κ3) is 4.33. The molecule has 1 aromatic rings. The molecule has 7 nitrogen and oxygen atoms in total. The Balaban J connectivity index is 1.53. The highest BCUT2D eigenvalue weighted by atomic mass is 127. The number of carboxylic acid groups (broad SMARTS) is 1. The van der Waals surface area contributed by atoms with Crippen molar-refractivity contribution in [2.75, 3.05) is 37.3 Å². The number of urea groups is 1. The zero-order valence-electron chi connectivity index (χ0n) is 16.6. The molecule has 3 aliphatic rings. The topological polar surface area (TPSA) is 67.3 Å². The first-order valence-corrected chi connectivity index (χ1v) is 12.0. The molecule has 1 unspecified atom stereocenters. The number of halogens is 1. The fourth-order valence-electron chi connectivity index (χ4n) is 4.98. The van der Waals surface area contributed by atoms with Crippen molar-refractivity contribution in [1.29, 1.82) is 0 Å². The minimum Gasteiger partial charge on any atom is -0.465 e. The number of amides is 3. The van der Waals surface area contributed by atoms with Crippen LogP contribution in [0.4, 0.5) is 9.59 Å². The maximum atomic E-state index is 13.6. The Bertz CT molecular complexity index is 718. The maximum absolute atomic E-state index is 13.6. The molecule has 0 saturated carbocycles. The first-order chi connectivity index (χ1) is 14.1. The summed E-state index contributed by atoms with van der Waals surface area (Å²) in [6.45, 7) is 3.82. The van der Waals surface area contributed by atoms with Gasteiger partial charge in [0, 0.05) is 44.8 Å². The molecule has 3 heterocycles. The number of hydrogen-bond acceptors (Lipinski definition) is 3. The molecule has 0 radical (unpaired) electrons. The second-order valence-electron chi connectivity index (χ2n) is 8.24. The molecule has 3 fully saturated rings. The van der Waals surface area contributed by atoms with E-state index in [1.165, 1.54) is 10.5 Å². The van der Waals surface area contributed by atoms with Crippen LogP contribution in [0.25, 0.3) is 0 Å². The minimum absolute atomic E-state index is 0.0488. The number of nitrogens with zero attached hydrogens (tertiary/aromatic N) is 4. The van der Waals surface area contributed by atoms with Gasteiger partial charge in [0.05, 0.1) is 10.6 Å². The lowest BCUT2D eigenvalue weighted by Crippen LogP contribution is -2.50. The summed E-state index contributed by atoms with van der Waals surface area (Å²) in [6, 6.07) is 10.9. The quantitative estimate of drug-likeness (QED) is 0.381. The van der Waals surface area contributed by atoms with Gasteiger partial charge in [-0.1, -0.05) is 52.9 Å². The van der Waals surface area contributed by atoms with Crippen molar-refractivity contribution in [3.8, 4) is 0 Å². The second-order valence-corrected chi connectivity index (χ2v) is 8.92. The Labute approximate surface area is 185 Å². The number of likely N-dealkylation sites (tertiary alicyclic amines) is 2. The number of carbonyl (C=O) groups excluding carboxylic acids is 1. The minimum atomic E-state index is -0.862. The van der Waals surface area contributed by atoms with E-state index in [0.29, 0.717) is 32.0 Å². The molecule has 0 bridgehead atoms. The van der Waals surface area contributed by atoms with Crippen molar-refractivity contribution in [2.45, 2.75) is 43.8 Å². The van der Waals surface area contributed by atoms with Crippen LogP contribution in [0, 0.1) is 0 Å². The van der Waals surface area contributed by atoms with E-state index in [9.17, 15) is 14.7 Å². The summed E-state index contributed by atoms with van der Waals surface area (Å²) in [7, 11) is 0. The SMILES string of the molecule is O=C(O)N1CCC(N2C(=O)N(C3CCN(CI)CC3)CC2c2ccccc2)CC1. The standard InChI is InChI=1S/C21H29IN4O3/c22-15-23-10-6-17(7-11-23)25-14-19(16-4-2-1-3-5-16)26(20(25)27)18-8-12-24(13-9-18)21(28)29/h1-5,17-19H,6-15H2,(H,28,29). The predicted octanol–water partition coefficient (Wildman–Crippen LogP) is 3.46. The average molecular weight is 512 g/mol. The highest BCUT2D eigenvalue weighted by Gasteiger charge is 2.45. The van der Waals surface area contributed by atoms with Crippen molar-refractivity contribution in [3.63, 3.8) is 0 Å². The van der Waals surface area contributed by atoms with Crippen molar-refractivity contribution in [3.05, 3.63) is 35.9 Å². The highest BCUT2D eigenvalue weighted by molar-refractivity contribution is 14.1. The highest BCUT2D eigenvalue weighted by Crippen LogP contribution is 2.37. The van der Waals surface area contributed by atoms with Crippen LogP contribution in [0.1, 0.15) is 37.3 Å². The van der Waals surface area contributed by atoms with Gasteiger partial charge in [0.15, 0.2) is 0 Å². The third-order valence-corrected chi connectivity index (χ3v) is 7.62. The fourth-order valence-corrected chi connectivity index (χ4v) is 5.66. The molecule has 158 valence electrons. The second kappa shape index (κ2) is 9.07. The van der Waals surface area contributed by atoms with Crippen molar-refractivity contribution >= 4 is 34.7 Å². The molecule has 1 aromatic carbocycles. The molecule has 4 rings (SSSR count). The Hall–Kier alpha value is -1.55. The molecule has 0 aromatic heterocycles. The fraction of sp³-hybridized carbons (Fsp3) is 0.619. The van der Waals surface area contributed by atoms with Crippen LogP contribution >= 0.6 is 22.6 Å². The van der Waals surface area contributed by atoms with E-state index >= 15 is 0 Å². The van der Waals surface area contributed by atoms with Gasteiger partial charge in [0.1, 0.15) is 0 Å². The monoisotopic (exact) mass is 512 g/mol. The van der Waals surface area contributed by atoms with Crippen LogP contribution in [0.2, 0.25) is 0 Å². The largest absolute Gasteiger partial charge is 0.465 e. The normalized spacial score (nSPS) is 25.1. The molecule has 3 amide bonds. The molecule has 1 N–H and O–H groups in total. The summed E-state index contributed by atoms with van der Waals surface area (Å²) in [5.74, 6) is 0. The van der Waals surface area contributed by atoms with Gasteiger partial charge in [-0.3, -0.25) is 4.90 Å². The number of carbonyl (C=O) groups is 2. The van der Waals surface area contributed by atoms with Crippen LogP contribution in [0.5, 0.6) is 0 Å². The van der Waals surface area contributed by atoms with Gasteiger partial charge in [-0.15, -0.1) is 0 Å². The zero-order valence-corrected chi connectivity index (χ0v) is 18.8. The molecule has 3 aliphatic heterocycles. The van der Waals surface area contributed by atoms with E-state index in [1.807, 2.05) is 18.2 Å². The zero-order chi connectivity index (χ0) is 20.4. The van der Waals surface area contributed by atoms with E-state index in [0.717, 1.165) is 37.0 Å². The first kappa shape index (κ1) is 20.7. The Kier molecular flexibility index (Phi) is 6.48. The smallest absolute Gasteiger partial charge is 0.407 e. The Morgan fingerprint density at radius 1 is 1.00 bits per heavy atom. The van der Waals surface area contributed by atoms with Gasteiger partial charge in [-0.05, 0) is 31.2 Å². The van der Waals surface area contributed by atoms with Gasteiger partial charge in [-0.2, -0.15) is 0 Å². The number of piperidine rings is 2. The number of hydrogen-bond donors (Lipinski definition) is 1. The summed E-state index contributed by atoms with van der Waals surface area (Å²) in [5, 5.41) is 9.26. The molecule has 1 atom stereocenters. The van der Waals surface area contributed by atoms with Gasteiger partial charge >= 0.3 is 12.1 Å². The molecule has 3 saturated heterocycles. The molecular formula is C21H29IN4O3. The number of rotatable bonds is 4. The molecule has 8 heteroatoms. The summed E-state index contributed by atoms with van der Waals surface area (Å²) in [6.07, 6.45) is 2.62. The van der Waals surface area contributed by atoms with Gasteiger partial charge < -0.3 is 19.8 Å². The van der Waals surface area contributed by atoms with Crippen LogP contribution in [-0.2, 0) is 0 Å². The molecule has 0 spiro atoms. The van der Waals surface area contributed by atoms with Crippen LogP contribution in [-0.4, -0.2) is 86.2 Å². The van der Waals surface area contributed by atoms with Gasteiger partial charge in [-0.25, -0.2) is 9.59 Å².